The monoisotopic (exact) mass is 331 g/mol. The predicted molar refractivity (Wildman–Crippen MR) is 92.3 cm³/mol. The summed E-state index contributed by atoms with van der Waals surface area (Å²) in [5.74, 6) is 0.626. The summed E-state index contributed by atoms with van der Waals surface area (Å²) in [4.78, 5) is 12.2. The zero-order chi connectivity index (χ0) is 16.2. The highest BCUT2D eigenvalue weighted by atomic mass is 32.1. The molecular weight excluding hydrogens is 310 g/mol. The molecule has 23 heavy (non-hydrogen) atoms. The summed E-state index contributed by atoms with van der Waals surface area (Å²) in [5, 5.41) is 16.7. The number of hydrogen-bond donors (Lipinski definition) is 2. The first-order valence-corrected chi connectivity index (χ1v) is 8.86. The molecule has 2 atom stereocenters. The molecule has 4 nitrogen and oxygen atoms in total. The number of aryl methyl sites for hydroxylation is 1. The minimum atomic E-state index is -0.385. The molecule has 2 N–H and O–H groups in total. The number of ether oxygens (including phenoxy) is 1. The molecule has 1 aliphatic carbocycles. The number of rotatable bonds is 4. The van der Waals surface area contributed by atoms with Crippen LogP contribution in [0.1, 0.15) is 41.6 Å². The molecule has 1 heterocycles. The molecule has 3 rings (SSSR count). The Balaban J connectivity index is 1.61. The van der Waals surface area contributed by atoms with Crippen molar-refractivity contribution in [3.05, 3.63) is 46.2 Å². The second-order valence-corrected chi connectivity index (χ2v) is 6.70. The second kappa shape index (κ2) is 7.15. The lowest BCUT2D eigenvalue weighted by Gasteiger charge is -2.28. The van der Waals surface area contributed by atoms with Gasteiger partial charge in [-0.3, -0.25) is 4.79 Å². The quantitative estimate of drug-likeness (QED) is 0.890. The predicted octanol–water partition coefficient (Wildman–Crippen LogP) is 3.99. The van der Waals surface area contributed by atoms with Crippen LogP contribution in [0, 0.1) is 6.92 Å². The smallest absolute Gasteiger partial charge is 0.256 e. The molecule has 1 fully saturated rings. The number of carbonyl (C=O) groups excluding carboxylic acids is 1. The normalized spacial score (nSPS) is 21.0. The van der Waals surface area contributed by atoms with Gasteiger partial charge in [-0.15, -0.1) is 0 Å². The number of nitrogens with one attached hydrogen (secondary N) is 1. The molecule has 2 unspecified atom stereocenters. The van der Waals surface area contributed by atoms with Crippen LogP contribution in [0.5, 0.6) is 5.75 Å². The number of benzene rings is 1. The lowest BCUT2D eigenvalue weighted by Crippen LogP contribution is -2.34. The summed E-state index contributed by atoms with van der Waals surface area (Å²) in [6.45, 7) is 1.93. The van der Waals surface area contributed by atoms with Gasteiger partial charge in [-0.05, 0) is 61.4 Å². The highest BCUT2D eigenvalue weighted by molar-refractivity contribution is 7.08. The SMILES string of the molecule is Cc1cscc1C(=O)Nc1ccc(OC2CCCCC2O)cc1. The molecule has 1 aromatic carbocycles. The zero-order valence-corrected chi connectivity index (χ0v) is 13.9. The van der Waals surface area contributed by atoms with Gasteiger partial charge in [-0.2, -0.15) is 11.3 Å². The maximum Gasteiger partial charge on any atom is 0.256 e. The van der Waals surface area contributed by atoms with Gasteiger partial charge < -0.3 is 15.2 Å². The number of thiophene rings is 1. The van der Waals surface area contributed by atoms with Crippen molar-refractivity contribution in [1.29, 1.82) is 0 Å². The first kappa shape index (κ1) is 16.0. The Bertz CT molecular complexity index is 665. The van der Waals surface area contributed by atoms with Crippen LogP contribution < -0.4 is 10.1 Å². The van der Waals surface area contributed by atoms with Crippen molar-refractivity contribution in [2.24, 2.45) is 0 Å². The minimum Gasteiger partial charge on any atom is -0.488 e. The van der Waals surface area contributed by atoms with Gasteiger partial charge >= 0.3 is 0 Å². The number of aliphatic hydroxyl groups is 1. The fraction of sp³-hybridized carbons (Fsp3) is 0.389. The molecule has 1 aliphatic rings. The van der Waals surface area contributed by atoms with Gasteiger partial charge in [0.05, 0.1) is 11.7 Å². The Morgan fingerprint density at radius 1 is 1.22 bits per heavy atom. The van der Waals surface area contributed by atoms with Crippen LogP contribution in [0.25, 0.3) is 0 Å². The third kappa shape index (κ3) is 3.92. The largest absolute Gasteiger partial charge is 0.488 e. The Morgan fingerprint density at radius 3 is 2.61 bits per heavy atom. The van der Waals surface area contributed by atoms with Crippen molar-refractivity contribution in [2.45, 2.75) is 44.8 Å². The minimum absolute atomic E-state index is 0.0971. The third-order valence-corrected chi connectivity index (χ3v) is 5.03. The summed E-state index contributed by atoms with van der Waals surface area (Å²) in [7, 11) is 0. The van der Waals surface area contributed by atoms with Gasteiger partial charge in [0.25, 0.3) is 5.91 Å². The molecule has 0 bridgehead atoms. The summed E-state index contributed by atoms with van der Waals surface area (Å²) in [6, 6.07) is 7.31. The average molecular weight is 331 g/mol. The van der Waals surface area contributed by atoms with Crippen LogP contribution in [0.2, 0.25) is 0 Å². The van der Waals surface area contributed by atoms with Crippen molar-refractivity contribution in [3.8, 4) is 5.75 Å². The van der Waals surface area contributed by atoms with E-state index in [9.17, 15) is 9.90 Å². The van der Waals surface area contributed by atoms with Gasteiger partial charge in [-0.1, -0.05) is 6.42 Å². The molecule has 0 aliphatic heterocycles. The van der Waals surface area contributed by atoms with E-state index >= 15 is 0 Å². The van der Waals surface area contributed by atoms with Crippen molar-refractivity contribution in [3.63, 3.8) is 0 Å². The molecule has 0 saturated heterocycles. The topological polar surface area (TPSA) is 58.6 Å². The number of carbonyl (C=O) groups is 1. The van der Waals surface area contributed by atoms with E-state index in [0.717, 1.165) is 42.7 Å². The maximum absolute atomic E-state index is 12.2. The van der Waals surface area contributed by atoms with E-state index in [1.54, 1.807) is 0 Å². The molecule has 122 valence electrons. The second-order valence-electron chi connectivity index (χ2n) is 5.96. The number of anilines is 1. The van der Waals surface area contributed by atoms with E-state index in [4.69, 9.17) is 4.74 Å². The van der Waals surface area contributed by atoms with Crippen molar-refractivity contribution < 1.29 is 14.6 Å². The van der Waals surface area contributed by atoms with Gasteiger partial charge in [0.1, 0.15) is 11.9 Å². The molecular formula is C18H21NO3S. The Morgan fingerprint density at radius 2 is 1.96 bits per heavy atom. The number of amides is 1. The first-order chi connectivity index (χ1) is 11.1. The number of hydrogen-bond acceptors (Lipinski definition) is 4. The van der Waals surface area contributed by atoms with Crippen molar-refractivity contribution >= 4 is 22.9 Å². The maximum atomic E-state index is 12.2. The van der Waals surface area contributed by atoms with E-state index in [2.05, 4.69) is 5.32 Å². The highest BCUT2D eigenvalue weighted by Gasteiger charge is 2.24. The van der Waals surface area contributed by atoms with Crippen LogP contribution in [0.3, 0.4) is 0 Å². The lowest BCUT2D eigenvalue weighted by molar-refractivity contribution is 0.00688. The van der Waals surface area contributed by atoms with Gasteiger partial charge in [-0.25, -0.2) is 0 Å². The first-order valence-electron chi connectivity index (χ1n) is 7.92. The standard InChI is InChI=1S/C18H21NO3S/c1-12-10-23-11-15(12)18(21)19-13-6-8-14(9-7-13)22-17-5-3-2-4-16(17)20/h6-11,16-17,20H,2-5H2,1H3,(H,19,21). The summed E-state index contributed by atoms with van der Waals surface area (Å²) in [5.41, 5.74) is 2.43. The highest BCUT2D eigenvalue weighted by Crippen LogP contribution is 2.25. The molecule has 0 radical (unpaired) electrons. The van der Waals surface area contributed by atoms with E-state index in [1.807, 2.05) is 41.9 Å². The van der Waals surface area contributed by atoms with Crippen LogP contribution in [-0.4, -0.2) is 23.2 Å². The Kier molecular flexibility index (Phi) is 4.98. The van der Waals surface area contributed by atoms with E-state index in [-0.39, 0.29) is 18.1 Å². The fourth-order valence-electron chi connectivity index (χ4n) is 2.80. The number of aliphatic hydroxyl groups excluding tert-OH is 1. The van der Waals surface area contributed by atoms with Crippen molar-refractivity contribution in [2.75, 3.05) is 5.32 Å². The van der Waals surface area contributed by atoms with E-state index in [1.165, 1.54) is 11.3 Å². The average Bonchev–Trinajstić information content (AvgIpc) is 2.98. The van der Waals surface area contributed by atoms with Crippen LogP contribution >= 0.6 is 11.3 Å². The Labute approximate surface area is 140 Å². The molecule has 1 amide bonds. The molecule has 0 spiro atoms. The van der Waals surface area contributed by atoms with Crippen LogP contribution in [-0.2, 0) is 0 Å². The van der Waals surface area contributed by atoms with Crippen LogP contribution in [0.15, 0.2) is 35.0 Å². The van der Waals surface area contributed by atoms with E-state index < -0.39 is 0 Å². The third-order valence-electron chi connectivity index (χ3n) is 4.17. The molecule has 1 saturated carbocycles. The van der Waals surface area contributed by atoms with E-state index in [0.29, 0.717) is 5.56 Å². The molecule has 5 heteroatoms. The van der Waals surface area contributed by atoms with Gasteiger partial charge in [0.15, 0.2) is 0 Å². The zero-order valence-electron chi connectivity index (χ0n) is 13.1. The Hall–Kier alpha value is -1.85. The molecule has 2 aromatic rings. The molecule has 1 aromatic heterocycles. The van der Waals surface area contributed by atoms with Crippen molar-refractivity contribution in [1.82, 2.24) is 0 Å². The van der Waals surface area contributed by atoms with Gasteiger partial charge in [0, 0.05) is 11.1 Å². The lowest BCUT2D eigenvalue weighted by atomic mass is 9.95. The fourth-order valence-corrected chi connectivity index (χ4v) is 3.63. The summed E-state index contributed by atoms with van der Waals surface area (Å²) < 4.78 is 5.86. The van der Waals surface area contributed by atoms with Gasteiger partial charge in [0.2, 0.25) is 0 Å². The van der Waals surface area contributed by atoms with Crippen LogP contribution in [0.4, 0.5) is 5.69 Å². The summed E-state index contributed by atoms with van der Waals surface area (Å²) in [6.07, 6.45) is 3.34. The summed E-state index contributed by atoms with van der Waals surface area (Å²) >= 11 is 1.52.